The summed E-state index contributed by atoms with van der Waals surface area (Å²) >= 11 is 0. The number of urea groups is 1. The first-order chi connectivity index (χ1) is 11.4. The van der Waals surface area contributed by atoms with E-state index in [0.717, 1.165) is 5.56 Å². The number of carbonyl (C=O) groups is 1. The van der Waals surface area contributed by atoms with Crippen LogP contribution in [-0.4, -0.2) is 41.5 Å². The van der Waals surface area contributed by atoms with Crippen LogP contribution in [0.3, 0.4) is 0 Å². The zero-order valence-corrected chi connectivity index (χ0v) is 14.2. The van der Waals surface area contributed by atoms with Gasteiger partial charge in [0.2, 0.25) is 0 Å². The molecule has 7 nitrogen and oxygen atoms in total. The van der Waals surface area contributed by atoms with Gasteiger partial charge >= 0.3 is 6.03 Å². The topological polar surface area (TPSA) is 93.1 Å². The minimum absolute atomic E-state index is 0.00116. The second kappa shape index (κ2) is 6.64. The Bertz CT molecular complexity index is 817. The first-order valence-corrected chi connectivity index (χ1v) is 9.56. The van der Waals surface area contributed by atoms with Gasteiger partial charge in [0.1, 0.15) is 11.9 Å². The lowest BCUT2D eigenvalue weighted by Crippen LogP contribution is -2.44. The Morgan fingerprint density at radius 1 is 1.33 bits per heavy atom. The summed E-state index contributed by atoms with van der Waals surface area (Å²) in [5.41, 5.74) is 0.904. The highest BCUT2D eigenvalue weighted by molar-refractivity contribution is 7.91. The van der Waals surface area contributed by atoms with Gasteiger partial charge in [-0.3, -0.25) is 0 Å². The van der Waals surface area contributed by atoms with E-state index in [0.29, 0.717) is 12.2 Å². The quantitative estimate of drug-likeness (QED) is 0.862. The Morgan fingerprint density at radius 2 is 2.08 bits per heavy atom. The summed E-state index contributed by atoms with van der Waals surface area (Å²) in [5, 5.41) is 5.65. The number of benzene rings is 1. The molecule has 2 unspecified atom stereocenters. The molecule has 24 heavy (non-hydrogen) atoms. The van der Waals surface area contributed by atoms with Gasteiger partial charge in [-0.1, -0.05) is 30.3 Å². The molecule has 8 heteroatoms. The van der Waals surface area contributed by atoms with Crippen molar-refractivity contribution in [3.63, 3.8) is 0 Å². The molecule has 0 aliphatic carbocycles. The van der Waals surface area contributed by atoms with Crippen molar-refractivity contribution in [2.24, 2.45) is 7.05 Å². The summed E-state index contributed by atoms with van der Waals surface area (Å²) in [7, 11) is -1.17. The maximum absolute atomic E-state index is 12.3. The number of rotatable bonds is 4. The molecule has 128 valence electrons. The van der Waals surface area contributed by atoms with E-state index < -0.39 is 21.9 Å². The summed E-state index contributed by atoms with van der Waals surface area (Å²) in [6.07, 6.45) is 3.94. The van der Waals surface area contributed by atoms with Crippen LogP contribution in [0.15, 0.2) is 42.7 Å². The number of sulfone groups is 1. The van der Waals surface area contributed by atoms with Crippen LogP contribution in [0.1, 0.15) is 23.9 Å². The lowest BCUT2D eigenvalue weighted by Gasteiger charge is -2.21. The van der Waals surface area contributed by atoms with Crippen LogP contribution in [0.4, 0.5) is 4.79 Å². The molecule has 1 aliphatic heterocycles. The molecule has 2 atom stereocenters. The van der Waals surface area contributed by atoms with Gasteiger partial charge < -0.3 is 15.2 Å². The number of hydrogen-bond acceptors (Lipinski definition) is 4. The van der Waals surface area contributed by atoms with Crippen molar-refractivity contribution in [3.8, 4) is 0 Å². The first kappa shape index (κ1) is 16.5. The Morgan fingerprint density at radius 3 is 2.67 bits per heavy atom. The second-order valence-electron chi connectivity index (χ2n) is 5.96. The van der Waals surface area contributed by atoms with Crippen molar-refractivity contribution in [2.75, 3.05) is 11.5 Å². The molecule has 1 aliphatic rings. The molecule has 1 aromatic carbocycles. The molecule has 0 saturated carbocycles. The molecule has 2 N–H and O–H groups in total. The second-order valence-corrected chi connectivity index (χ2v) is 8.19. The number of aryl methyl sites for hydroxylation is 1. The largest absolute Gasteiger partial charge is 0.336 e. The van der Waals surface area contributed by atoms with Crippen LogP contribution in [0.2, 0.25) is 0 Å². The molecule has 3 rings (SSSR count). The predicted molar refractivity (Wildman–Crippen MR) is 90.2 cm³/mol. The number of nitrogens with one attached hydrogen (secondary N) is 2. The van der Waals surface area contributed by atoms with Gasteiger partial charge in [-0.05, 0) is 12.0 Å². The molecule has 2 aromatic rings. The van der Waals surface area contributed by atoms with Crippen molar-refractivity contribution < 1.29 is 13.2 Å². The van der Waals surface area contributed by atoms with Gasteiger partial charge in [-0.2, -0.15) is 0 Å². The van der Waals surface area contributed by atoms with Gasteiger partial charge in [-0.15, -0.1) is 0 Å². The third kappa shape index (κ3) is 3.76. The average molecular weight is 348 g/mol. The lowest BCUT2D eigenvalue weighted by molar-refractivity contribution is 0.235. The molecule has 2 heterocycles. The van der Waals surface area contributed by atoms with Crippen molar-refractivity contribution in [3.05, 3.63) is 54.1 Å². The lowest BCUT2D eigenvalue weighted by atomic mass is 10.1. The van der Waals surface area contributed by atoms with E-state index in [9.17, 15) is 13.2 Å². The van der Waals surface area contributed by atoms with Gasteiger partial charge in [-0.25, -0.2) is 18.2 Å². The van der Waals surface area contributed by atoms with Crippen LogP contribution in [-0.2, 0) is 16.9 Å². The van der Waals surface area contributed by atoms with Crippen molar-refractivity contribution in [2.45, 2.75) is 18.5 Å². The zero-order chi connectivity index (χ0) is 17.2. The fraction of sp³-hybridized carbons (Fsp3) is 0.375. The summed E-state index contributed by atoms with van der Waals surface area (Å²) in [4.78, 5) is 16.7. The monoisotopic (exact) mass is 348 g/mol. The average Bonchev–Trinajstić information content (AvgIpc) is 3.11. The first-order valence-electron chi connectivity index (χ1n) is 7.74. The summed E-state index contributed by atoms with van der Waals surface area (Å²) in [6.45, 7) is 0. The van der Waals surface area contributed by atoms with E-state index in [1.165, 1.54) is 0 Å². The Kier molecular flexibility index (Phi) is 4.57. The molecule has 1 aromatic heterocycles. The number of nitrogens with zero attached hydrogens (tertiary/aromatic N) is 2. The van der Waals surface area contributed by atoms with E-state index in [1.807, 2.05) is 48.1 Å². The summed E-state index contributed by atoms with van der Waals surface area (Å²) < 4.78 is 24.9. The van der Waals surface area contributed by atoms with Gasteiger partial charge in [0, 0.05) is 25.5 Å². The van der Waals surface area contributed by atoms with E-state index in [2.05, 4.69) is 15.6 Å². The van der Waals surface area contributed by atoms with Gasteiger partial charge in [0.25, 0.3) is 0 Å². The van der Waals surface area contributed by atoms with Crippen molar-refractivity contribution in [1.29, 1.82) is 0 Å². The Hall–Kier alpha value is -2.35. The standard InChI is InChI=1S/C16H20N4O3S/c1-20-9-8-17-15(20)14(12-5-3-2-4-6-12)19-16(21)18-13-7-10-24(22,23)11-13/h2-6,8-9,13-14H,7,10-11H2,1H3,(H2,18,19,21). The SMILES string of the molecule is Cn1ccnc1C(NC(=O)NC1CCS(=O)(=O)C1)c1ccccc1. The fourth-order valence-electron chi connectivity index (χ4n) is 2.86. The number of imidazole rings is 1. The molecule has 1 saturated heterocycles. The fourth-order valence-corrected chi connectivity index (χ4v) is 4.54. The van der Waals surface area contributed by atoms with Crippen LogP contribution in [0.5, 0.6) is 0 Å². The van der Waals surface area contributed by atoms with Crippen LogP contribution < -0.4 is 10.6 Å². The van der Waals surface area contributed by atoms with E-state index in [4.69, 9.17) is 0 Å². The van der Waals surface area contributed by atoms with Gasteiger partial charge in [0.15, 0.2) is 9.84 Å². The Balaban J connectivity index is 1.75. The maximum Gasteiger partial charge on any atom is 0.315 e. The molecule has 0 radical (unpaired) electrons. The normalized spacial score (nSPS) is 20.5. The maximum atomic E-state index is 12.3. The van der Waals surface area contributed by atoms with Crippen LogP contribution in [0.25, 0.3) is 0 Å². The van der Waals surface area contributed by atoms with E-state index in [1.54, 1.807) is 6.20 Å². The smallest absolute Gasteiger partial charge is 0.315 e. The van der Waals surface area contributed by atoms with Crippen LogP contribution in [0, 0.1) is 0 Å². The Labute approximate surface area is 141 Å². The number of carbonyl (C=O) groups excluding carboxylic acids is 1. The third-order valence-electron chi connectivity index (χ3n) is 4.09. The molecule has 1 fully saturated rings. The van der Waals surface area contributed by atoms with Crippen molar-refractivity contribution in [1.82, 2.24) is 20.2 Å². The molecule has 0 bridgehead atoms. The van der Waals surface area contributed by atoms with E-state index in [-0.39, 0.29) is 17.5 Å². The highest BCUT2D eigenvalue weighted by Crippen LogP contribution is 2.20. The highest BCUT2D eigenvalue weighted by atomic mass is 32.2. The summed E-state index contributed by atoms with van der Waals surface area (Å²) in [6, 6.07) is 8.39. The third-order valence-corrected chi connectivity index (χ3v) is 5.86. The number of aromatic nitrogens is 2. The van der Waals surface area contributed by atoms with E-state index >= 15 is 0 Å². The van der Waals surface area contributed by atoms with Crippen LogP contribution >= 0.6 is 0 Å². The van der Waals surface area contributed by atoms with Crippen molar-refractivity contribution >= 4 is 15.9 Å². The molecular formula is C16H20N4O3S. The molecule has 0 spiro atoms. The molecular weight excluding hydrogens is 328 g/mol. The number of amides is 2. The predicted octanol–water partition coefficient (Wildman–Crippen LogP) is 0.996. The summed E-state index contributed by atoms with van der Waals surface area (Å²) in [5.74, 6) is 0.827. The number of hydrogen-bond donors (Lipinski definition) is 2. The van der Waals surface area contributed by atoms with Gasteiger partial charge in [0.05, 0.1) is 11.5 Å². The highest BCUT2D eigenvalue weighted by Gasteiger charge is 2.30. The minimum atomic E-state index is -3.03. The molecule has 2 amide bonds. The zero-order valence-electron chi connectivity index (χ0n) is 13.3. The minimum Gasteiger partial charge on any atom is -0.336 e.